The van der Waals surface area contributed by atoms with Crippen LogP contribution >= 0.6 is 0 Å². The van der Waals surface area contributed by atoms with E-state index < -0.39 is 0 Å². The minimum absolute atomic E-state index is 0.143. The first-order valence-electron chi connectivity index (χ1n) is 9.83. The van der Waals surface area contributed by atoms with Crippen LogP contribution in [0.3, 0.4) is 0 Å². The highest BCUT2D eigenvalue weighted by Gasteiger charge is 2.15. The van der Waals surface area contributed by atoms with Crippen molar-refractivity contribution < 1.29 is 9.53 Å². The molecule has 2 N–H and O–H groups in total. The van der Waals surface area contributed by atoms with E-state index in [4.69, 9.17) is 4.74 Å². The molecule has 29 heavy (non-hydrogen) atoms. The third-order valence-electron chi connectivity index (χ3n) is 5.14. The zero-order valence-electron chi connectivity index (χ0n) is 16.8. The number of aromatic nitrogens is 3. The number of carbonyl (C=O) groups excluding carboxylic acids is 1. The standard InChI is InChI=1S/C21H26N6O2/c1-26-8-9-27(2)18(28)7-4-10-29-17-6-3-5-16(11-17)25-21-19-15(13-26)12-22-20(19)23-14-24-21/h3,5-6,11-12,14H,4,7-10,13H2,1-2H3,(H2,22,23,24,25). The van der Waals surface area contributed by atoms with E-state index >= 15 is 0 Å². The first-order chi connectivity index (χ1) is 14.1. The van der Waals surface area contributed by atoms with E-state index in [1.807, 2.05) is 37.5 Å². The van der Waals surface area contributed by atoms with Gasteiger partial charge in [-0.15, -0.1) is 0 Å². The summed E-state index contributed by atoms with van der Waals surface area (Å²) in [7, 11) is 3.91. The number of anilines is 2. The Balaban J connectivity index is 1.68. The predicted molar refractivity (Wildman–Crippen MR) is 112 cm³/mol. The van der Waals surface area contributed by atoms with Crippen LogP contribution in [0.15, 0.2) is 36.8 Å². The lowest BCUT2D eigenvalue weighted by atomic mass is 10.2. The smallest absolute Gasteiger partial charge is 0.222 e. The van der Waals surface area contributed by atoms with E-state index in [9.17, 15) is 4.79 Å². The highest BCUT2D eigenvalue weighted by atomic mass is 16.5. The number of rotatable bonds is 0. The van der Waals surface area contributed by atoms with E-state index in [0.717, 1.165) is 46.9 Å². The fourth-order valence-corrected chi connectivity index (χ4v) is 3.47. The van der Waals surface area contributed by atoms with Gasteiger partial charge in [0.25, 0.3) is 0 Å². The Kier molecular flexibility index (Phi) is 5.62. The number of H-pyrrole nitrogens is 1. The minimum atomic E-state index is 0.143. The number of hydrogen-bond donors (Lipinski definition) is 2. The Hall–Kier alpha value is -3.13. The quantitative estimate of drug-likeness (QED) is 0.610. The summed E-state index contributed by atoms with van der Waals surface area (Å²) < 4.78 is 5.84. The van der Waals surface area contributed by atoms with Crippen molar-refractivity contribution >= 4 is 28.4 Å². The summed E-state index contributed by atoms with van der Waals surface area (Å²) in [5.74, 6) is 1.66. The lowest BCUT2D eigenvalue weighted by Crippen LogP contribution is -2.34. The molecule has 3 aromatic rings. The van der Waals surface area contributed by atoms with Gasteiger partial charge in [0.2, 0.25) is 5.91 Å². The monoisotopic (exact) mass is 394 g/mol. The third-order valence-corrected chi connectivity index (χ3v) is 5.14. The molecule has 1 aromatic carbocycles. The maximum absolute atomic E-state index is 12.3. The molecule has 0 aliphatic carbocycles. The van der Waals surface area contributed by atoms with Gasteiger partial charge in [0, 0.05) is 51.1 Å². The topological polar surface area (TPSA) is 86.4 Å². The first kappa shape index (κ1) is 19.2. The molecule has 8 nitrogen and oxygen atoms in total. The van der Waals surface area contributed by atoms with Crippen LogP contribution < -0.4 is 10.1 Å². The zero-order valence-corrected chi connectivity index (χ0v) is 16.8. The van der Waals surface area contributed by atoms with Crippen molar-refractivity contribution in [1.82, 2.24) is 24.8 Å². The number of fused-ring (bicyclic) bond motifs is 2. The van der Waals surface area contributed by atoms with E-state index in [2.05, 4.69) is 32.2 Å². The molecule has 0 atom stereocenters. The number of nitrogens with zero attached hydrogens (tertiary/aromatic N) is 4. The van der Waals surface area contributed by atoms with Gasteiger partial charge in [-0.1, -0.05) is 6.07 Å². The second-order valence-corrected chi connectivity index (χ2v) is 7.42. The van der Waals surface area contributed by atoms with Crippen molar-refractivity contribution in [2.75, 3.05) is 39.1 Å². The first-order valence-corrected chi connectivity index (χ1v) is 9.83. The number of carbonyl (C=O) groups is 1. The van der Waals surface area contributed by atoms with Crippen LogP contribution in [0, 0.1) is 0 Å². The van der Waals surface area contributed by atoms with Crippen LogP contribution in [0.5, 0.6) is 5.75 Å². The number of nitrogens with one attached hydrogen (secondary N) is 2. The van der Waals surface area contributed by atoms with Gasteiger partial charge in [0.05, 0.1) is 12.0 Å². The summed E-state index contributed by atoms with van der Waals surface area (Å²) in [5, 5.41) is 4.38. The molecule has 152 valence electrons. The van der Waals surface area contributed by atoms with Crippen molar-refractivity contribution in [1.29, 1.82) is 0 Å². The second kappa shape index (κ2) is 8.48. The number of amides is 1. The molecule has 0 unspecified atom stereocenters. The van der Waals surface area contributed by atoms with Crippen LogP contribution in [0.2, 0.25) is 0 Å². The van der Waals surface area contributed by atoms with Gasteiger partial charge in [-0.2, -0.15) is 0 Å². The Morgan fingerprint density at radius 2 is 2.07 bits per heavy atom. The molecule has 1 amide bonds. The number of likely N-dealkylation sites (N-methyl/N-ethyl adjacent to an activating group) is 2. The highest BCUT2D eigenvalue weighted by Crippen LogP contribution is 2.28. The van der Waals surface area contributed by atoms with Crippen LogP contribution in [-0.2, 0) is 11.3 Å². The Bertz CT molecular complexity index is 1000. The average molecular weight is 394 g/mol. The Morgan fingerprint density at radius 1 is 1.17 bits per heavy atom. The maximum Gasteiger partial charge on any atom is 0.222 e. The van der Waals surface area contributed by atoms with Crippen molar-refractivity contribution in [3.8, 4) is 5.75 Å². The maximum atomic E-state index is 12.3. The molecule has 8 heteroatoms. The SMILES string of the molecule is CN1CCN(C)C(=O)CCCOc2cccc(c2)Nc2ncnc3[nH]cc(c23)C1. The molecule has 1 aliphatic heterocycles. The molecule has 4 rings (SSSR count). The number of aromatic amines is 1. The molecular weight excluding hydrogens is 368 g/mol. The normalized spacial score (nSPS) is 16.9. The Morgan fingerprint density at radius 3 is 2.97 bits per heavy atom. The molecule has 3 heterocycles. The van der Waals surface area contributed by atoms with Crippen molar-refractivity contribution in [2.45, 2.75) is 19.4 Å². The zero-order chi connectivity index (χ0) is 20.2. The molecule has 1 aliphatic rings. The summed E-state index contributed by atoms with van der Waals surface area (Å²) in [6, 6.07) is 7.78. The van der Waals surface area contributed by atoms with E-state index in [0.29, 0.717) is 26.0 Å². The second-order valence-electron chi connectivity index (χ2n) is 7.42. The molecular formula is C21H26N6O2. The van der Waals surface area contributed by atoms with Gasteiger partial charge in [-0.05, 0) is 31.2 Å². The lowest BCUT2D eigenvalue weighted by molar-refractivity contribution is -0.130. The van der Waals surface area contributed by atoms with Crippen LogP contribution in [0.1, 0.15) is 18.4 Å². The third kappa shape index (κ3) is 4.48. The average Bonchev–Trinajstić information content (AvgIpc) is 3.13. The van der Waals surface area contributed by atoms with Crippen LogP contribution in [-0.4, -0.2) is 64.5 Å². The summed E-state index contributed by atoms with van der Waals surface area (Å²) in [6.07, 6.45) is 4.70. The van der Waals surface area contributed by atoms with Gasteiger partial charge in [0.1, 0.15) is 23.5 Å². The van der Waals surface area contributed by atoms with Gasteiger partial charge in [0.15, 0.2) is 0 Å². The van der Waals surface area contributed by atoms with E-state index in [-0.39, 0.29) is 5.91 Å². The van der Waals surface area contributed by atoms with Gasteiger partial charge < -0.3 is 24.8 Å². The molecule has 0 fully saturated rings. The van der Waals surface area contributed by atoms with Gasteiger partial charge in [-0.25, -0.2) is 9.97 Å². The Labute approximate surface area is 169 Å². The minimum Gasteiger partial charge on any atom is -0.494 e. The van der Waals surface area contributed by atoms with Crippen LogP contribution in [0.25, 0.3) is 11.0 Å². The van der Waals surface area contributed by atoms with Crippen molar-refractivity contribution in [3.05, 3.63) is 42.4 Å². The summed E-state index contributed by atoms with van der Waals surface area (Å²) in [6.45, 7) is 2.69. The molecule has 0 radical (unpaired) electrons. The summed E-state index contributed by atoms with van der Waals surface area (Å²) in [5.41, 5.74) is 2.79. The van der Waals surface area contributed by atoms with Crippen molar-refractivity contribution in [2.24, 2.45) is 0 Å². The summed E-state index contributed by atoms with van der Waals surface area (Å²) in [4.78, 5) is 28.4. The van der Waals surface area contributed by atoms with Crippen LogP contribution in [0.4, 0.5) is 11.5 Å². The fourth-order valence-electron chi connectivity index (χ4n) is 3.47. The van der Waals surface area contributed by atoms with E-state index in [1.165, 1.54) is 0 Å². The molecule has 0 saturated carbocycles. The van der Waals surface area contributed by atoms with Gasteiger partial charge in [-0.3, -0.25) is 4.79 Å². The number of benzene rings is 1. The molecule has 2 bridgehead atoms. The lowest BCUT2D eigenvalue weighted by Gasteiger charge is -2.22. The molecule has 0 spiro atoms. The number of ether oxygens (including phenoxy) is 1. The predicted octanol–water partition coefficient (Wildman–Crippen LogP) is 2.76. The molecule has 0 saturated heterocycles. The van der Waals surface area contributed by atoms with E-state index in [1.54, 1.807) is 11.2 Å². The number of hydrogen-bond acceptors (Lipinski definition) is 6. The van der Waals surface area contributed by atoms with Gasteiger partial charge >= 0.3 is 0 Å². The largest absolute Gasteiger partial charge is 0.494 e. The molecule has 2 aromatic heterocycles. The highest BCUT2D eigenvalue weighted by molar-refractivity contribution is 5.92. The fraction of sp³-hybridized carbons (Fsp3) is 0.381. The summed E-state index contributed by atoms with van der Waals surface area (Å²) >= 11 is 0. The van der Waals surface area contributed by atoms with Crippen molar-refractivity contribution in [3.63, 3.8) is 0 Å².